The Morgan fingerprint density at radius 3 is 2.09 bits per heavy atom. The van der Waals surface area contributed by atoms with E-state index >= 15 is 0 Å². The number of hydrogen-bond donors (Lipinski definition) is 0. The molecule has 0 aromatic carbocycles. The van der Waals surface area contributed by atoms with Crippen LogP contribution >= 0.6 is 11.8 Å². The molecule has 60 valence electrons. The normalized spacial score (nSPS) is 20.2. The summed E-state index contributed by atoms with van der Waals surface area (Å²) in [4.78, 5) is 22.3. The van der Waals surface area contributed by atoms with Crippen LogP contribution in [0.1, 0.15) is 20.3 Å². The van der Waals surface area contributed by atoms with Crippen molar-refractivity contribution in [3.05, 3.63) is 11.5 Å². The highest BCUT2D eigenvalue weighted by atomic mass is 32.2. The SMILES string of the molecule is CC(=O)C1(C(C)=O)CC=CS1. The van der Waals surface area contributed by atoms with Gasteiger partial charge in [-0.25, -0.2) is 0 Å². The van der Waals surface area contributed by atoms with E-state index in [1.165, 1.54) is 25.6 Å². The lowest BCUT2D eigenvalue weighted by atomic mass is 9.96. The largest absolute Gasteiger partial charge is 0.298 e. The molecule has 1 aliphatic rings. The summed E-state index contributed by atoms with van der Waals surface area (Å²) >= 11 is 1.33. The average Bonchev–Trinajstić information content (AvgIpc) is 2.34. The van der Waals surface area contributed by atoms with E-state index in [2.05, 4.69) is 0 Å². The van der Waals surface area contributed by atoms with Crippen molar-refractivity contribution >= 4 is 23.3 Å². The van der Waals surface area contributed by atoms with Crippen LogP contribution in [0, 0.1) is 0 Å². The monoisotopic (exact) mass is 170 g/mol. The lowest BCUT2D eigenvalue weighted by molar-refractivity contribution is -0.128. The predicted octanol–water partition coefficient (Wildman–Crippen LogP) is 1.55. The molecule has 0 saturated carbocycles. The zero-order valence-corrected chi connectivity index (χ0v) is 7.40. The number of carbonyl (C=O) groups excluding carboxylic acids is 2. The first-order chi connectivity index (χ1) is 5.09. The molecule has 0 saturated heterocycles. The van der Waals surface area contributed by atoms with Crippen molar-refractivity contribution in [1.82, 2.24) is 0 Å². The fourth-order valence-electron chi connectivity index (χ4n) is 1.13. The van der Waals surface area contributed by atoms with Gasteiger partial charge in [-0.2, -0.15) is 0 Å². The Balaban J connectivity index is 2.90. The van der Waals surface area contributed by atoms with E-state index in [1.54, 1.807) is 0 Å². The van der Waals surface area contributed by atoms with Gasteiger partial charge >= 0.3 is 0 Å². The van der Waals surface area contributed by atoms with Crippen molar-refractivity contribution in [3.8, 4) is 0 Å². The van der Waals surface area contributed by atoms with E-state index in [9.17, 15) is 9.59 Å². The number of Topliss-reactive ketones (excluding diaryl/α,β-unsaturated/α-hetero) is 2. The quantitative estimate of drug-likeness (QED) is 0.590. The van der Waals surface area contributed by atoms with Gasteiger partial charge in [0.05, 0.1) is 0 Å². The van der Waals surface area contributed by atoms with Crippen molar-refractivity contribution in [3.63, 3.8) is 0 Å². The molecular formula is C8H10O2S. The second kappa shape index (κ2) is 2.81. The number of hydrogen-bond acceptors (Lipinski definition) is 3. The molecule has 0 spiro atoms. The minimum Gasteiger partial charge on any atom is -0.298 e. The Bertz CT molecular complexity index is 206. The van der Waals surface area contributed by atoms with E-state index < -0.39 is 4.75 Å². The van der Waals surface area contributed by atoms with Crippen LogP contribution in [0.3, 0.4) is 0 Å². The summed E-state index contributed by atoms with van der Waals surface area (Å²) in [5, 5.41) is 1.82. The topological polar surface area (TPSA) is 34.1 Å². The van der Waals surface area contributed by atoms with Gasteiger partial charge in [0.1, 0.15) is 4.75 Å². The molecule has 0 amide bonds. The molecule has 0 radical (unpaired) electrons. The van der Waals surface area contributed by atoms with Crippen LogP contribution in [-0.2, 0) is 9.59 Å². The van der Waals surface area contributed by atoms with Crippen LogP contribution < -0.4 is 0 Å². The summed E-state index contributed by atoms with van der Waals surface area (Å²) in [5.74, 6) is -0.0833. The van der Waals surface area contributed by atoms with E-state index in [1.807, 2.05) is 11.5 Å². The maximum atomic E-state index is 11.1. The van der Waals surface area contributed by atoms with Crippen LogP contribution in [0.4, 0.5) is 0 Å². The van der Waals surface area contributed by atoms with Crippen molar-refractivity contribution in [2.45, 2.75) is 25.0 Å². The number of ketones is 2. The highest BCUT2D eigenvalue weighted by Crippen LogP contribution is 2.37. The first-order valence-electron chi connectivity index (χ1n) is 3.44. The molecule has 1 rings (SSSR count). The third-order valence-electron chi connectivity index (χ3n) is 1.91. The molecule has 11 heavy (non-hydrogen) atoms. The molecule has 0 aromatic rings. The van der Waals surface area contributed by atoms with Gasteiger partial charge in [-0.05, 0) is 25.7 Å². The lowest BCUT2D eigenvalue weighted by Gasteiger charge is -2.20. The standard InChI is InChI=1S/C8H10O2S/c1-6(9)8(7(2)10)4-3-5-11-8/h3,5H,4H2,1-2H3. The van der Waals surface area contributed by atoms with Gasteiger partial charge in [-0.1, -0.05) is 6.08 Å². The second-order valence-electron chi connectivity index (χ2n) is 2.63. The van der Waals surface area contributed by atoms with Gasteiger partial charge in [0.15, 0.2) is 11.6 Å². The van der Waals surface area contributed by atoms with Crippen LogP contribution in [0.25, 0.3) is 0 Å². The average molecular weight is 170 g/mol. The maximum Gasteiger partial charge on any atom is 0.153 e. The summed E-state index contributed by atoms with van der Waals surface area (Å²) in [6.45, 7) is 2.95. The second-order valence-corrected chi connectivity index (χ2v) is 3.84. The molecule has 0 unspecified atom stereocenters. The van der Waals surface area contributed by atoms with Gasteiger partial charge < -0.3 is 0 Å². The van der Waals surface area contributed by atoms with Gasteiger partial charge in [0, 0.05) is 0 Å². The zero-order chi connectivity index (χ0) is 8.48. The minimum atomic E-state index is -0.778. The summed E-state index contributed by atoms with van der Waals surface area (Å²) in [5.41, 5.74) is 0. The van der Waals surface area contributed by atoms with Crippen LogP contribution in [0.2, 0.25) is 0 Å². The minimum absolute atomic E-state index is 0.0417. The Hall–Kier alpha value is -0.570. The van der Waals surface area contributed by atoms with Crippen LogP contribution in [0.5, 0.6) is 0 Å². The molecule has 3 heteroatoms. The Morgan fingerprint density at radius 2 is 1.91 bits per heavy atom. The number of allylic oxidation sites excluding steroid dienone is 1. The Morgan fingerprint density at radius 1 is 1.36 bits per heavy atom. The summed E-state index contributed by atoms with van der Waals surface area (Å²) in [6.07, 6.45) is 2.43. The highest BCUT2D eigenvalue weighted by Gasteiger charge is 2.41. The number of carbonyl (C=O) groups is 2. The van der Waals surface area contributed by atoms with E-state index in [4.69, 9.17) is 0 Å². The molecule has 2 nitrogen and oxygen atoms in total. The van der Waals surface area contributed by atoms with Crippen molar-refractivity contribution in [2.24, 2.45) is 0 Å². The van der Waals surface area contributed by atoms with E-state index in [0.717, 1.165) is 0 Å². The Kier molecular flexibility index (Phi) is 2.18. The lowest BCUT2D eigenvalue weighted by Crippen LogP contribution is -2.38. The van der Waals surface area contributed by atoms with Gasteiger partial charge in [-0.3, -0.25) is 9.59 Å². The fraction of sp³-hybridized carbons (Fsp3) is 0.500. The first kappa shape index (κ1) is 8.53. The molecule has 0 aromatic heterocycles. The van der Waals surface area contributed by atoms with E-state index in [-0.39, 0.29) is 11.6 Å². The van der Waals surface area contributed by atoms with E-state index in [0.29, 0.717) is 6.42 Å². The van der Waals surface area contributed by atoms with Crippen LogP contribution in [-0.4, -0.2) is 16.3 Å². The molecule has 0 fully saturated rings. The first-order valence-corrected chi connectivity index (χ1v) is 4.32. The smallest absolute Gasteiger partial charge is 0.153 e. The maximum absolute atomic E-state index is 11.1. The van der Waals surface area contributed by atoms with Crippen molar-refractivity contribution in [2.75, 3.05) is 0 Å². The van der Waals surface area contributed by atoms with Crippen LogP contribution in [0.15, 0.2) is 11.5 Å². The molecule has 0 aliphatic carbocycles. The summed E-state index contributed by atoms with van der Waals surface area (Å²) < 4.78 is -0.778. The van der Waals surface area contributed by atoms with Crippen molar-refractivity contribution in [1.29, 1.82) is 0 Å². The third kappa shape index (κ3) is 1.25. The number of rotatable bonds is 2. The zero-order valence-electron chi connectivity index (χ0n) is 6.59. The summed E-state index contributed by atoms with van der Waals surface area (Å²) in [6, 6.07) is 0. The summed E-state index contributed by atoms with van der Waals surface area (Å²) in [7, 11) is 0. The molecule has 0 bridgehead atoms. The molecule has 1 aliphatic heterocycles. The molecule has 0 N–H and O–H groups in total. The third-order valence-corrected chi connectivity index (χ3v) is 3.38. The number of thioether (sulfide) groups is 1. The van der Waals surface area contributed by atoms with Gasteiger partial charge in [0.2, 0.25) is 0 Å². The molecule has 1 heterocycles. The molecular weight excluding hydrogens is 160 g/mol. The Labute approximate surface area is 70.0 Å². The molecule has 0 atom stereocenters. The van der Waals surface area contributed by atoms with Gasteiger partial charge in [-0.15, -0.1) is 11.8 Å². The van der Waals surface area contributed by atoms with Crippen molar-refractivity contribution < 1.29 is 9.59 Å². The fourth-order valence-corrected chi connectivity index (χ4v) is 2.08. The highest BCUT2D eigenvalue weighted by molar-refractivity contribution is 8.05. The predicted molar refractivity (Wildman–Crippen MR) is 45.4 cm³/mol. The van der Waals surface area contributed by atoms with Gasteiger partial charge in [0.25, 0.3) is 0 Å².